The van der Waals surface area contributed by atoms with Crippen molar-refractivity contribution in [2.24, 2.45) is 11.1 Å². The van der Waals surface area contributed by atoms with Gasteiger partial charge in [-0.15, -0.1) is 0 Å². The van der Waals surface area contributed by atoms with E-state index in [1.54, 1.807) is 0 Å². The lowest BCUT2D eigenvalue weighted by atomic mass is 9.73. The molecule has 0 saturated heterocycles. The van der Waals surface area contributed by atoms with Crippen LogP contribution in [-0.2, 0) is 6.42 Å². The van der Waals surface area contributed by atoms with Crippen LogP contribution in [0.1, 0.15) is 36.3 Å². The Hall–Kier alpha value is -0.890. The molecule has 1 spiro atoms. The summed E-state index contributed by atoms with van der Waals surface area (Å²) >= 11 is 0. The molecule has 1 fully saturated rings. The van der Waals surface area contributed by atoms with Crippen LogP contribution < -0.4 is 5.73 Å². The van der Waals surface area contributed by atoms with E-state index in [0.29, 0.717) is 11.3 Å². The quantitative estimate of drug-likeness (QED) is 0.730. The Bertz CT molecular complexity index is 355. The second-order valence-corrected chi connectivity index (χ2v) is 4.73. The molecule has 1 unspecified atom stereocenters. The summed E-state index contributed by atoms with van der Waals surface area (Å²) in [5, 5.41) is 0. The van der Waals surface area contributed by atoms with Gasteiger partial charge < -0.3 is 5.73 Å². The highest BCUT2D eigenvalue weighted by Crippen LogP contribution is 2.61. The predicted molar refractivity (Wildman–Crippen MR) is 56.0 cm³/mol. The van der Waals surface area contributed by atoms with Crippen molar-refractivity contribution < 1.29 is 0 Å². The summed E-state index contributed by atoms with van der Waals surface area (Å²) in [5.41, 5.74) is 9.41. The zero-order valence-electron chi connectivity index (χ0n) is 8.37. The summed E-state index contributed by atoms with van der Waals surface area (Å²) in [5.74, 6) is 0.606. The van der Waals surface area contributed by atoms with Gasteiger partial charge >= 0.3 is 0 Å². The maximum absolute atomic E-state index is 5.91. The molecule has 3 rings (SSSR count). The first kappa shape index (κ1) is 8.42. The van der Waals surface area contributed by atoms with Crippen LogP contribution in [-0.4, -0.2) is 11.5 Å². The van der Waals surface area contributed by atoms with E-state index in [2.05, 4.69) is 11.1 Å². The highest BCUT2D eigenvalue weighted by Gasteiger charge is 2.50. The summed E-state index contributed by atoms with van der Waals surface area (Å²) in [4.78, 5) is 4.19. The van der Waals surface area contributed by atoms with E-state index in [4.69, 9.17) is 5.73 Å². The minimum Gasteiger partial charge on any atom is -0.330 e. The van der Waals surface area contributed by atoms with Crippen LogP contribution in [0.15, 0.2) is 18.5 Å². The third-order valence-corrected chi connectivity index (χ3v) is 4.08. The lowest BCUT2D eigenvalue weighted by Gasteiger charge is -2.32. The summed E-state index contributed by atoms with van der Waals surface area (Å²) in [6.07, 6.45) is 9.23. The molecule has 0 aromatic carbocycles. The van der Waals surface area contributed by atoms with Crippen LogP contribution >= 0.6 is 0 Å². The molecule has 1 aromatic rings. The minimum atomic E-state index is 0.586. The van der Waals surface area contributed by atoms with Crippen LogP contribution in [0, 0.1) is 5.41 Å². The Kier molecular flexibility index (Phi) is 1.68. The molecule has 1 aromatic heterocycles. The number of hydrogen-bond acceptors (Lipinski definition) is 2. The molecule has 0 bridgehead atoms. The molecule has 0 radical (unpaired) electrons. The maximum Gasteiger partial charge on any atom is 0.0302 e. The van der Waals surface area contributed by atoms with E-state index in [-0.39, 0.29) is 0 Å². The Labute approximate surface area is 84.5 Å². The largest absolute Gasteiger partial charge is 0.330 e. The highest BCUT2D eigenvalue weighted by atomic mass is 14.7. The number of fused-ring (bicyclic) bond motifs is 1. The van der Waals surface area contributed by atoms with Crippen molar-refractivity contribution in [1.29, 1.82) is 0 Å². The van der Waals surface area contributed by atoms with Crippen LogP contribution in [0.3, 0.4) is 0 Å². The summed E-state index contributed by atoms with van der Waals surface area (Å²) in [6, 6.07) is 2.17. The summed E-state index contributed by atoms with van der Waals surface area (Å²) in [6.45, 7) is 0.803. The third-order valence-electron chi connectivity index (χ3n) is 4.08. The number of rotatable bonds is 1. The zero-order valence-corrected chi connectivity index (χ0v) is 8.37. The van der Waals surface area contributed by atoms with Crippen molar-refractivity contribution in [1.82, 2.24) is 4.98 Å². The Morgan fingerprint density at radius 1 is 1.43 bits per heavy atom. The van der Waals surface area contributed by atoms with Crippen molar-refractivity contribution in [3.8, 4) is 0 Å². The average molecular weight is 188 g/mol. The monoisotopic (exact) mass is 188 g/mol. The van der Waals surface area contributed by atoms with Gasteiger partial charge in [-0.25, -0.2) is 0 Å². The van der Waals surface area contributed by atoms with E-state index in [9.17, 15) is 0 Å². The van der Waals surface area contributed by atoms with E-state index in [1.807, 2.05) is 12.4 Å². The van der Waals surface area contributed by atoms with Crippen molar-refractivity contribution >= 4 is 0 Å². The van der Waals surface area contributed by atoms with Gasteiger partial charge in [0.25, 0.3) is 0 Å². The molecule has 2 aliphatic rings. The highest BCUT2D eigenvalue weighted by molar-refractivity contribution is 5.35. The normalized spacial score (nSPS) is 27.4. The zero-order chi connectivity index (χ0) is 9.60. The molecule has 2 heteroatoms. The second-order valence-electron chi connectivity index (χ2n) is 4.73. The first-order chi connectivity index (χ1) is 6.86. The molecule has 0 amide bonds. The maximum atomic E-state index is 5.91. The Morgan fingerprint density at radius 2 is 2.29 bits per heavy atom. The minimum absolute atomic E-state index is 0.586. The molecular formula is C12H16N2. The van der Waals surface area contributed by atoms with Crippen LogP contribution in [0.25, 0.3) is 0 Å². The van der Waals surface area contributed by atoms with E-state index < -0.39 is 0 Å². The topological polar surface area (TPSA) is 38.9 Å². The molecule has 1 heterocycles. The molecule has 2 N–H and O–H groups in total. The number of aryl methyl sites for hydroxylation is 1. The lowest BCUT2D eigenvalue weighted by Crippen LogP contribution is -2.28. The van der Waals surface area contributed by atoms with E-state index in [1.165, 1.54) is 36.8 Å². The predicted octanol–water partition coefficient (Wildman–Crippen LogP) is 1.85. The Balaban J connectivity index is 2.06. The van der Waals surface area contributed by atoms with Gasteiger partial charge in [-0.05, 0) is 54.8 Å². The molecule has 2 nitrogen and oxygen atoms in total. The molecular weight excluding hydrogens is 172 g/mol. The summed E-state index contributed by atoms with van der Waals surface area (Å²) in [7, 11) is 0. The molecule has 14 heavy (non-hydrogen) atoms. The first-order valence-corrected chi connectivity index (χ1v) is 5.49. The standard InChI is InChI=1S/C12H16N2/c13-7-11-10-2-6-14-8-9(10)1-3-12(11)4-5-12/h2,6,8,11H,1,3-5,7,13H2. The van der Waals surface area contributed by atoms with Crippen molar-refractivity contribution in [2.75, 3.05) is 6.54 Å². The smallest absolute Gasteiger partial charge is 0.0302 e. The third kappa shape index (κ3) is 1.04. The number of pyridine rings is 1. The van der Waals surface area contributed by atoms with Gasteiger partial charge in [0.1, 0.15) is 0 Å². The Morgan fingerprint density at radius 3 is 3.00 bits per heavy atom. The molecule has 2 aliphatic carbocycles. The van der Waals surface area contributed by atoms with E-state index >= 15 is 0 Å². The van der Waals surface area contributed by atoms with Gasteiger partial charge in [0.15, 0.2) is 0 Å². The van der Waals surface area contributed by atoms with Gasteiger partial charge in [-0.1, -0.05) is 0 Å². The lowest BCUT2D eigenvalue weighted by molar-refractivity contribution is 0.352. The van der Waals surface area contributed by atoms with Gasteiger partial charge in [0.05, 0.1) is 0 Å². The number of nitrogens with two attached hydrogens (primary N) is 1. The molecule has 0 aliphatic heterocycles. The van der Waals surface area contributed by atoms with Crippen LogP contribution in [0.5, 0.6) is 0 Å². The van der Waals surface area contributed by atoms with Gasteiger partial charge in [-0.2, -0.15) is 0 Å². The fraction of sp³-hybridized carbons (Fsp3) is 0.583. The average Bonchev–Trinajstić information content (AvgIpc) is 2.99. The SMILES string of the molecule is NCC1c2ccncc2CCC12CC2. The van der Waals surface area contributed by atoms with Gasteiger partial charge in [0.2, 0.25) is 0 Å². The first-order valence-electron chi connectivity index (χ1n) is 5.49. The molecule has 1 saturated carbocycles. The molecule has 74 valence electrons. The molecule has 1 atom stereocenters. The van der Waals surface area contributed by atoms with Gasteiger partial charge in [-0.3, -0.25) is 4.98 Å². The second kappa shape index (κ2) is 2.80. The van der Waals surface area contributed by atoms with Crippen molar-refractivity contribution in [3.63, 3.8) is 0 Å². The van der Waals surface area contributed by atoms with Crippen molar-refractivity contribution in [3.05, 3.63) is 29.6 Å². The van der Waals surface area contributed by atoms with Crippen LogP contribution in [0.2, 0.25) is 0 Å². The number of nitrogens with zero attached hydrogens (tertiary/aromatic N) is 1. The number of hydrogen-bond donors (Lipinski definition) is 1. The van der Waals surface area contributed by atoms with E-state index in [0.717, 1.165) is 6.54 Å². The van der Waals surface area contributed by atoms with Gasteiger partial charge in [0, 0.05) is 18.3 Å². The fourth-order valence-corrected chi connectivity index (χ4v) is 3.01. The van der Waals surface area contributed by atoms with Crippen molar-refractivity contribution in [2.45, 2.75) is 31.6 Å². The number of aromatic nitrogens is 1. The summed E-state index contributed by atoms with van der Waals surface area (Å²) < 4.78 is 0. The fourth-order valence-electron chi connectivity index (χ4n) is 3.01. The van der Waals surface area contributed by atoms with Crippen LogP contribution in [0.4, 0.5) is 0 Å².